The molecule has 0 N–H and O–H groups in total. The molecule has 4 rings (SSSR count). The molecule has 28 heavy (non-hydrogen) atoms. The van der Waals surface area contributed by atoms with Crippen LogP contribution in [-0.2, 0) is 6.42 Å². The second kappa shape index (κ2) is 7.48. The van der Waals surface area contributed by atoms with Gasteiger partial charge in [0.05, 0.1) is 16.5 Å². The Kier molecular flexibility index (Phi) is 4.72. The van der Waals surface area contributed by atoms with Crippen LogP contribution in [0.1, 0.15) is 21.5 Å². The zero-order valence-corrected chi connectivity index (χ0v) is 14.7. The summed E-state index contributed by atoms with van der Waals surface area (Å²) >= 11 is 0. The molecule has 0 saturated heterocycles. The van der Waals surface area contributed by atoms with E-state index in [-0.39, 0.29) is 23.3 Å². The number of hydrogen-bond donors (Lipinski definition) is 0. The van der Waals surface area contributed by atoms with Crippen LogP contribution < -0.4 is 10.4 Å². The van der Waals surface area contributed by atoms with Gasteiger partial charge in [-0.15, -0.1) is 0 Å². The number of esters is 1. The van der Waals surface area contributed by atoms with Crippen molar-refractivity contribution < 1.29 is 18.3 Å². The van der Waals surface area contributed by atoms with Crippen molar-refractivity contribution in [1.29, 1.82) is 0 Å². The zero-order valence-electron chi connectivity index (χ0n) is 14.7. The van der Waals surface area contributed by atoms with Crippen molar-refractivity contribution in [3.05, 3.63) is 112 Å². The minimum absolute atomic E-state index is 0.0583. The molecule has 5 heteroatoms. The quantitative estimate of drug-likeness (QED) is 0.382. The number of carbonyl (C=O) groups excluding carboxylic acids is 1. The molecule has 0 amide bonds. The van der Waals surface area contributed by atoms with E-state index in [1.165, 1.54) is 18.2 Å². The number of para-hydroxylation sites is 1. The minimum atomic E-state index is -0.746. The summed E-state index contributed by atoms with van der Waals surface area (Å²) in [4.78, 5) is 25.2. The molecule has 0 aliphatic rings. The van der Waals surface area contributed by atoms with Crippen molar-refractivity contribution in [2.24, 2.45) is 0 Å². The van der Waals surface area contributed by atoms with Crippen molar-refractivity contribution in [2.75, 3.05) is 0 Å². The van der Waals surface area contributed by atoms with Crippen molar-refractivity contribution in [3.63, 3.8) is 0 Å². The highest BCUT2D eigenvalue weighted by atomic mass is 19.1. The normalized spacial score (nSPS) is 10.8. The summed E-state index contributed by atoms with van der Waals surface area (Å²) in [6.45, 7) is 0. The number of ether oxygens (including phenoxy) is 1. The summed E-state index contributed by atoms with van der Waals surface area (Å²) in [5.74, 6) is -1.16. The first-order valence-electron chi connectivity index (χ1n) is 8.68. The lowest BCUT2D eigenvalue weighted by molar-refractivity contribution is 0.0734. The Morgan fingerprint density at radius 2 is 1.68 bits per heavy atom. The smallest absolute Gasteiger partial charge is 0.343 e. The Bertz CT molecular complexity index is 1210. The van der Waals surface area contributed by atoms with Gasteiger partial charge in [-0.1, -0.05) is 48.5 Å². The molecule has 0 unspecified atom stereocenters. The maximum absolute atomic E-state index is 13.5. The molecule has 0 atom stereocenters. The standard InChI is InChI=1S/C23H15FO4/c24-17-10-6-9-16(14-17)22(25)28-21-18-11-4-5-12-20(18)27-23(26)19(21)13-15-7-2-1-3-8-15/h1-12,14H,13H2. The first kappa shape index (κ1) is 17.7. The first-order chi connectivity index (χ1) is 13.6. The largest absolute Gasteiger partial charge is 0.422 e. The van der Waals surface area contributed by atoms with E-state index < -0.39 is 17.4 Å². The highest BCUT2D eigenvalue weighted by Gasteiger charge is 2.20. The van der Waals surface area contributed by atoms with E-state index in [4.69, 9.17) is 9.15 Å². The molecule has 0 bridgehead atoms. The summed E-state index contributed by atoms with van der Waals surface area (Å²) in [5.41, 5.74) is 0.890. The molecule has 1 heterocycles. The average Bonchev–Trinajstić information content (AvgIpc) is 2.71. The van der Waals surface area contributed by atoms with E-state index >= 15 is 0 Å². The van der Waals surface area contributed by atoms with Gasteiger partial charge in [0, 0.05) is 6.42 Å². The molecule has 138 valence electrons. The summed E-state index contributed by atoms with van der Waals surface area (Å²) in [5, 5.41) is 0.498. The molecule has 1 aromatic heterocycles. The van der Waals surface area contributed by atoms with Crippen LogP contribution in [-0.4, -0.2) is 5.97 Å². The minimum Gasteiger partial charge on any atom is -0.422 e. The number of rotatable bonds is 4. The van der Waals surface area contributed by atoms with E-state index in [0.29, 0.717) is 11.0 Å². The molecule has 0 fully saturated rings. The third-order valence-electron chi connectivity index (χ3n) is 4.33. The highest BCUT2D eigenvalue weighted by molar-refractivity contribution is 5.94. The van der Waals surface area contributed by atoms with Gasteiger partial charge in [-0.2, -0.15) is 0 Å². The zero-order chi connectivity index (χ0) is 19.5. The van der Waals surface area contributed by atoms with Crippen LogP contribution >= 0.6 is 0 Å². The maximum atomic E-state index is 13.5. The summed E-state index contributed by atoms with van der Waals surface area (Å²) in [6, 6.07) is 21.4. The SMILES string of the molecule is O=C(Oc1c(Cc2ccccc2)c(=O)oc2ccccc12)c1cccc(F)c1. The van der Waals surface area contributed by atoms with Crippen LogP contribution in [0.25, 0.3) is 11.0 Å². The van der Waals surface area contributed by atoms with Gasteiger partial charge >= 0.3 is 11.6 Å². The fourth-order valence-corrected chi connectivity index (χ4v) is 3.00. The van der Waals surface area contributed by atoms with Crippen LogP contribution in [0.2, 0.25) is 0 Å². The van der Waals surface area contributed by atoms with E-state index in [9.17, 15) is 14.0 Å². The predicted molar refractivity (Wildman–Crippen MR) is 103 cm³/mol. The molecular weight excluding hydrogens is 359 g/mol. The Balaban J connectivity index is 1.83. The first-order valence-corrected chi connectivity index (χ1v) is 8.68. The monoisotopic (exact) mass is 374 g/mol. The number of fused-ring (bicyclic) bond motifs is 1. The van der Waals surface area contributed by atoms with E-state index in [2.05, 4.69) is 0 Å². The molecule has 0 aliphatic heterocycles. The van der Waals surface area contributed by atoms with Gasteiger partial charge in [-0.25, -0.2) is 14.0 Å². The fourth-order valence-electron chi connectivity index (χ4n) is 3.00. The molecule has 4 aromatic rings. The van der Waals surface area contributed by atoms with Crippen LogP contribution in [0.15, 0.2) is 88.1 Å². The average molecular weight is 374 g/mol. The lowest BCUT2D eigenvalue weighted by Crippen LogP contribution is -2.16. The summed E-state index contributed by atoms with van der Waals surface area (Å²) in [6.07, 6.45) is 0.236. The lowest BCUT2D eigenvalue weighted by atomic mass is 10.0. The van der Waals surface area contributed by atoms with Crippen LogP contribution in [0, 0.1) is 5.82 Å². The third kappa shape index (κ3) is 3.55. The summed E-state index contributed by atoms with van der Waals surface area (Å²) < 4.78 is 24.5. The van der Waals surface area contributed by atoms with Gasteiger partial charge in [-0.05, 0) is 35.9 Å². The molecule has 4 nitrogen and oxygen atoms in total. The van der Waals surface area contributed by atoms with Crippen LogP contribution in [0.4, 0.5) is 4.39 Å². The number of benzene rings is 3. The van der Waals surface area contributed by atoms with Crippen molar-refractivity contribution in [3.8, 4) is 5.75 Å². The van der Waals surface area contributed by atoms with Crippen molar-refractivity contribution in [2.45, 2.75) is 6.42 Å². The second-order valence-corrected chi connectivity index (χ2v) is 6.26. The molecule has 0 spiro atoms. The Hall–Kier alpha value is -3.73. The van der Waals surface area contributed by atoms with Crippen molar-refractivity contribution >= 4 is 16.9 Å². The van der Waals surface area contributed by atoms with Gasteiger partial charge < -0.3 is 9.15 Å². The lowest BCUT2D eigenvalue weighted by Gasteiger charge is -2.12. The van der Waals surface area contributed by atoms with E-state index in [1.807, 2.05) is 30.3 Å². The van der Waals surface area contributed by atoms with Crippen LogP contribution in [0.5, 0.6) is 5.75 Å². The predicted octanol–water partition coefficient (Wildman–Crippen LogP) is 4.74. The third-order valence-corrected chi connectivity index (χ3v) is 4.33. The van der Waals surface area contributed by atoms with Gasteiger partial charge in [-0.3, -0.25) is 0 Å². The molecular formula is C23H15FO4. The van der Waals surface area contributed by atoms with Crippen molar-refractivity contribution in [1.82, 2.24) is 0 Å². The Morgan fingerprint density at radius 3 is 2.46 bits per heavy atom. The molecule has 0 radical (unpaired) electrons. The van der Waals surface area contributed by atoms with Gasteiger partial charge in [0.1, 0.15) is 11.4 Å². The molecule has 0 aliphatic carbocycles. The van der Waals surface area contributed by atoms with E-state index in [1.54, 1.807) is 24.3 Å². The van der Waals surface area contributed by atoms with Gasteiger partial charge in [0.15, 0.2) is 5.75 Å². The topological polar surface area (TPSA) is 56.5 Å². The Morgan fingerprint density at radius 1 is 0.929 bits per heavy atom. The molecule has 0 saturated carbocycles. The summed E-state index contributed by atoms with van der Waals surface area (Å²) in [7, 11) is 0. The second-order valence-electron chi connectivity index (χ2n) is 6.26. The highest BCUT2D eigenvalue weighted by Crippen LogP contribution is 2.30. The number of carbonyl (C=O) groups is 1. The van der Waals surface area contributed by atoms with Crippen LogP contribution in [0.3, 0.4) is 0 Å². The van der Waals surface area contributed by atoms with E-state index in [0.717, 1.165) is 11.6 Å². The maximum Gasteiger partial charge on any atom is 0.343 e. The Labute approximate surface area is 159 Å². The number of halogens is 1. The van der Waals surface area contributed by atoms with Gasteiger partial charge in [0.25, 0.3) is 0 Å². The number of hydrogen-bond acceptors (Lipinski definition) is 4. The molecule has 3 aromatic carbocycles. The van der Waals surface area contributed by atoms with Gasteiger partial charge in [0.2, 0.25) is 0 Å². The fraction of sp³-hybridized carbons (Fsp3) is 0.0435.